The van der Waals surface area contributed by atoms with Crippen LogP contribution in [0.5, 0.6) is 0 Å². The molecule has 0 aliphatic carbocycles. The number of nitrogens with zero attached hydrogens (tertiary/aromatic N) is 2. The van der Waals surface area contributed by atoms with Crippen molar-refractivity contribution in [1.82, 2.24) is 9.80 Å². The van der Waals surface area contributed by atoms with Gasteiger partial charge >= 0.3 is 0 Å². The molecule has 0 spiro atoms. The fourth-order valence-electron chi connectivity index (χ4n) is 4.22. The molecule has 4 rings (SSSR count). The van der Waals surface area contributed by atoms with Crippen molar-refractivity contribution in [3.8, 4) is 0 Å². The zero-order valence-corrected chi connectivity index (χ0v) is 16.6. The largest absolute Gasteiger partial charge is 0.503 e. The Kier molecular flexibility index (Phi) is 5.53. The van der Waals surface area contributed by atoms with Gasteiger partial charge in [0.15, 0.2) is 11.5 Å². The molecular formula is C23H26N2O4. The number of rotatable bonds is 6. The number of aliphatic hydroxyl groups excluding tert-OH is 1. The van der Waals surface area contributed by atoms with Crippen molar-refractivity contribution in [2.45, 2.75) is 32.2 Å². The molecule has 1 amide bonds. The molecule has 0 bridgehead atoms. The average Bonchev–Trinajstić information content (AvgIpc) is 3.29. The SMILES string of the molecule is Cc1ccc(C(=O)C2=C(O)C(=O)N(CCN3CCCCC3)C2c2ccccc2)o1. The van der Waals surface area contributed by atoms with Crippen LogP contribution < -0.4 is 0 Å². The van der Waals surface area contributed by atoms with E-state index in [9.17, 15) is 14.7 Å². The first kappa shape index (κ1) is 19.5. The van der Waals surface area contributed by atoms with Crippen LogP contribution in [0.3, 0.4) is 0 Å². The number of furan rings is 1. The molecule has 1 N–H and O–H groups in total. The van der Waals surface area contributed by atoms with Gasteiger partial charge < -0.3 is 19.3 Å². The van der Waals surface area contributed by atoms with E-state index in [1.807, 2.05) is 30.3 Å². The molecule has 6 nitrogen and oxygen atoms in total. The number of benzene rings is 1. The molecule has 0 radical (unpaired) electrons. The van der Waals surface area contributed by atoms with Crippen molar-refractivity contribution >= 4 is 11.7 Å². The van der Waals surface area contributed by atoms with Crippen LogP contribution in [0, 0.1) is 6.92 Å². The molecule has 1 unspecified atom stereocenters. The predicted octanol–water partition coefficient (Wildman–Crippen LogP) is 3.65. The maximum Gasteiger partial charge on any atom is 0.290 e. The van der Waals surface area contributed by atoms with Gasteiger partial charge in [-0.3, -0.25) is 9.59 Å². The number of aryl methyl sites for hydroxylation is 1. The molecule has 1 aromatic heterocycles. The number of carbonyl (C=O) groups excluding carboxylic acids is 2. The topological polar surface area (TPSA) is 74.0 Å². The summed E-state index contributed by atoms with van der Waals surface area (Å²) in [6.45, 7) is 4.98. The lowest BCUT2D eigenvalue weighted by Gasteiger charge is -2.31. The maximum atomic E-state index is 13.2. The minimum absolute atomic E-state index is 0.0918. The van der Waals surface area contributed by atoms with E-state index in [1.54, 1.807) is 24.0 Å². The summed E-state index contributed by atoms with van der Waals surface area (Å²) in [6, 6.07) is 12.1. The van der Waals surface area contributed by atoms with Gasteiger partial charge in [0.05, 0.1) is 11.6 Å². The Labute approximate surface area is 170 Å². The van der Waals surface area contributed by atoms with Crippen molar-refractivity contribution in [1.29, 1.82) is 0 Å². The van der Waals surface area contributed by atoms with E-state index < -0.39 is 23.5 Å². The van der Waals surface area contributed by atoms with Gasteiger partial charge in [0.1, 0.15) is 5.76 Å². The highest BCUT2D eigenvalue weighted by Crippen LogP contribution is 2.39. The van der Waals surface area contributed by atoms with Crippen LogP contribution in [0.25, 0.3) is 0 Å². The summed E-state index contributed by atoms with van der Waals surface area (Å²) in [6.07, 6.45) is 3.58. The van der Waals surface area contributed by atoms with Crippen LogP contribution >= 0.6 is 0 Å². The Balaban J connectivity index is 1.65. The monoisotopic (exact) mass is 394 g/mol. The summed E-state index contributed by atoms with van der Waals surface area (Å²) < 4.78 is 5.48. The Morgan fingerprint density at radius 3 is 2.45 bits per heavy atom. The van der Waals surface area contributed by atoms with Gasteiger partial charge in [-0.15, -0.1) is 0 Å². The van der Waals surface area contributed by atoms with E-state index in [1.165, 1.54) is 19.3 Å². The second kappa shape index (κ2) is 8.25. The molecule has 6 heteroatoms. The molecule has 2 aromatic rings. The number of piperidine rings is 1. The molecule has 1 fully saturated rings. The Hall–Kier alpha value is -2.86. The third-order valence-electron chi connectivity index (χ3n) is 5.73. The predicted molar refractivity (Wildman–Crippen MR) is 109 cm³/mol. The standard InChI is InChI=1S/C23H26N2O4/c1-16-10-11-18(29-16)21(26)19-20(17-8-4-2-5-9-17)25(23(28)22(19)27)15-14-24-12-6-3-7-13-24/h2,4-5,8-11,20,27H,3,6-7,12-15H2,1H3. The number of ketones is 1. The van der Waals surface area contributed by atoms with Crippen LogP contribution in [0.1, 0.15) is 47.2 Å². The minimum atomic E-state index is -0.619. The number of hydrogen-bond donors (Lipinski definition) is 1. The summed E-state index contributed by atoms with van der Waals surface area (Å²) in [5.74, 6) is -0.677. The normalized spacial score (nSPS) is 20.5. The molecule has 152 valence electrons. The molecule has 1 atom stereocenters. The third-order valence-corrected chi connectivity index (χ3v) is 5.73. The van der Waals surface area contributed by atoms with Crippen LogP contribution in [-0.4, -0.2) is 52.8 Å². The highest BCUT2D eigenvalue weighted by atomic mass is 16.3. The van der Waals surface area contributed by atoms with Gasteiger partial charge in [0.25, 0.3) is 5.91 Å². The quantitative estimate of drug-likeness (QED) is 0.757. The Morgan fingerprint density at radius 2 is 1.79 bits per heavy atom. The van der Waals surface area contributed by atoms with Gasteiger partial charge in [-0.05, 0) is 50.6 Å². The lowest BCUT2D eigenvalue weighted by atomic mass is 9.95. The summed E-state index contributed by atoms with van der Waals surface area (Å²) in [4.78, 5) is 30.0. The number of aliphatic hydroxyl groups is 1. The van der Waals surface area contributed by atoms with E-state index >= 15 is 0 Å². The first-order chi connectivity index (χ1) is 14.1. The van der Waals surface area contributed by atoms with Crippen molar-refractivity contribution in [3.63, 3.8) is 0 Å². The lowest BCUT2D eigenvalue weighted by Crippen LogP contribution is -2.40. The van der Waals surface area contributed by atoms with E-state index in [4.69, 9.17) is 4.42 Å². The fourth-order valence-corrected chi connectivity index (χ4v) is 4.22. The van der Waals surface area contributed by atoms with E-state index in [0.717, 1.165) is 25.2 Å². The summed E-state index contributed by atoms with van der Waals surface area (Å²) in [5, 5.41) is 10.6. The Morgan fingerprint density at radius 1 is 1.07 bits per heavy atom. The van der Waals surface area contributed by atoms with Crippen LogP contribution in [0.4, 0.5) is 0 Å². The molecule has 2 aliphatic heterocycles. The smallest absolute Gasteiger partial charge is 0.290 e. The van der Waals surface area contributed by atoms with E-state index in [-0.39, 0.29) is 11.3 Å². The lowest BCUT2D eigenvalue weighted by molar-refractivity contribution is -0.129. The molecule has 29 heavy (non-hydrogen) atoms. The van der Waals surface area contributed by atoms with Gasteiger partial charge in [0.2, 0.25) is 5.78 Å². The minimum Gasteiger partial charge on any atom is -0.503 e. The number of carbonyl (C=O) groups is 2. The van der Waals surface area contributed by atoms with Crippen LogP contribution in [0.15, 0.2) is 58.2 Å². The third kappa shape index (κ3) is 3.85. The zero-order chi connectivity index (χ0) is 20.4. The van der Waals surface area contributed by atoms with Gasteiger partial charge in [-0.1, -0.05) is 36.8 Å². The summed E-state index contributed by atoms with van der Waals surface area (Å²) in [5.41, 5.74) is 0.893. The van der Waals surface area contributed by atoms with Crippen molar-refractivity contribution < 1.29 is 19.1 Å². The van der Waals surface area contributed by atoms with Gasteiger partial charge in [0, 0.05) is 13.1 Å². The number of amides is 1. The fraction of sp³-hybridized carbons (Fsp3) is 0.391. The number of Topliss-reactive ketones (excluding diaryl/α,β-unsaturated/α-hetero) is 1. The zero-order valence-electron chi connectivity index (χ0n) is 16.6. The first-order valence-corrected chi connectivity index (χ1v) is 10.2. The van der Waals surface area contributed by atoms with Gasteiger partial charge in [-0.25, -0.2) is 0 Å². The van der Waals surface area contributed by atoms with E-state index in [0.29, 0.717) is 12.3 Å². The highest BCUT2D eigenvalue weighted by Gasteiger charge is 2.44. The van der Waals surface area contributed by atoms with E-state index in [2.05, 4.69) is 4.90 Å². The van der Waals surface area contributed by atoms with Crippen molar-refractivity contribution in [2.75, 3.05) is 26.2 Å². The van der Waals surface area contributed by atoms with Gasteiger partial charge in [-0.2, -0.15) is 0 Å². The first-order valence-electron chi connectivity index (χ1n) is 10.2. The summed E-state index contributed by atoms with van der Waals surface area (Å²) in [7, 11) is 0. The number of likely N-dealkylation sites (tertiary alicyclic amines) is 1. The second-order valence-corrected chi connectivity index (χ2v) is 7.72. The molecule has 3 heterocycles. The number of hydrogen-bond acceptors (Lipinski definition) is 5. The maximum absolute atomic E-state index is 13.2. The molecule has 1 saturated heterocycles. The molecular weight excluding hydrogens is 368 g/mol. The van der Waals surface area contributed by atoms with Crippen LogP contribution in [-0.2, 0) is 4.79 Å². The summed E-state index contributed by atoms with van der Waals surface area (Å²) >= 11 is 0. The Bertz CT molecular complexity index is 925. The van der Waals surface area contributed by atoms with Crippen LogP contribution in [0.2, 0.25) is 0 Å². The highest BCUT2D eigenvalue weighted by molar-refractivity contribution is 6.15. The van der Waals surface area contributed by atoms with Crippen molar-refractivity contribution in [2.24, 2.45) is 0 Å². The molecule has 2 aliphatic rings. The molecule has 0 saturated carbocycles. The second-order valence-electron chi connectivity index (χ2n) is 7.72. The van der Waals surface area contributed by atoms with Crippen molar-refractivity contribution in [3.05, 3.63) is 70.9 Å². The average molecular weight is 394 g/mol. The molecule has 1 aromatic carbocycles.